The topological polar surface area (TPSA) is 12.0 Å². The molecule has 0 saturated carbocycles. The minimum absolute atomic E-state index is 0.715. The monoisotopic (exact) mass is 271 g/mol. The first-order chi connectivity index (χ1) is 6.86. The third-order valence-corrected chi connectivity index (χ3v) is 4.63. The van der Waals surface area contributed by atoms with Gasteiger partial charge in [-0.05, 0) is 47.4 Å². The third-order valence-electron chi connectivity index (χ3n) is 2.44. The van der Waals surface area contributed by atoms with E-state index in [-0.39, 0.29) is 0 Å². The fraction of sp³-hybridized carbons (Fsp3) is 0.455. The van der Waals surface area contributed by atoms with Crippen LogP contribution in [0.1, 0.15) is 12.8 Å². The van der Waals surface area contributed by atoms with E-state index in [2.05, 4.69) is 45.5 Å². The van der Waals surface area contributed by atoms with Gasteiger partial charge in [-0.15, -0.1) is 11.8 Å². The fourth-order valence-electron chi connectivity index (χ4n) is 1.65. The average molecular weight is 272 g/mol. The third kappa shape index (κ3) is 2.75. The highest BCUT2D eigenvalue weighted by molar-refractivity contribution is 9.10. The lowest BCUT2D eigenvalue weighted by molar-refractivity contribution is 0.674. The summed E-state index contributed by atoms with van der Waals surface area (Å²) < 4.78 is 1.21. The van der Waals surface area contributed by atoms with Crippen LogP contribution in [0.3, 0.4) is 0 Å². The molecular weight excluding hydrogens is 258 g/mol. The Labute approximate surface area is 97.8 Å². The molecule has 0 radical (unpaired) electrons. The number of benzene rings is 1. The molecule has 2 rings (SSSR count). The molecule has 1 heterocycles. The summed E-state index contributed by atoms with van der Waals surface area (Å²) in [5.41, 5.74) is 0. The number of hydrogen-bond donors (Lipinski definition) is 1. The van der Waals surface area contributed by atoms with Crippen molar-refractivity contribution in [1.82, 2.24) is 5.32 Å². The van der Waals surface area contributed by atoms with Gasteiger partial charge < -0.3 is 5.32 Å². The van der Waals surface area contributed by atoms with Crippen molar-refractivity contribution in [3.63, 3.8) is 0 Å². The van der Waals surface area contributed by atoms with Gasteiger partial charge in [0, 0.05) is 21.2 Å². The molecule has 0 aliphatic carbocycles. The lowest BCUT2D eigenvalue weighted by atomic mass is 10.3. The summed E-state index contributed by atoms with van der Waals surface area (Å²) >= 11 is 5.50. The second-order valence-electron chi connectivity index (χ2n) is 3.53. The first-order valence-electron chi connectivity index (χ1n) is 4.97. The van der Waals surface area contributed by atoms with Gasteiger partial charge in [0.2, 0.25) is 0 Å². The molecule has 0 spiro atoms. The van der Waals surface area contributed by atoms with Crippen LogP contribution in [-0.2, 0) is 0 Å². The van der Waals surface area contributed by atoms with Crippen LogP contribution in [0.4, 0.5) is 0 Å². The maximum absolute atomic E-state index is 3.56. The predicted octanol–water partition coefficient (Wildman–Crippen LogP) is 3.29. The van der Waals surface area contributed by atoms with Crippen molar-refractivity contribution in [3.8, 4) is 0 Å². The van der Waals surface area contributed by atoms with Crippen molar-refractivity contribution in [2.24, 2.45) is 0 Å². The van der Waals surface area contributed by atoms with E-state index in [1.807, 2.05) is 11.8 Å². The Kier molecular flexibility index (Phi) is 3.90. The molecule has 1 fully saturated rings. The molecule has 0 unspecified atom stereocenters. The first-order valence-corrected chi connectivity index (χ1v) is 6.75. The van der Waals surface area contributed by atoms with Crippen molar-refractivity contribution in [2.75, 3.05) is 12.3 Å². The zero-order valence-corrected chi connectivity index (χ0v) is 10.4. The molecule has 0 aromatic heterocycles. The molecule has 0 amide bonds. The summed E-state index contributed by atoms with van der Waals surface area (Å²) in [6.07, 6.45) is 2.67. The molecule has 1 saturated heterocycles. The highest BCUT2D eigenvalue weighted by atomic mass is 79.9. The van der Waals surface area contributed by atoms with E-state index in [4.69, 9.17) is 0 Å². The number of halogens is 1. The van der Waals surface area contributed by atoms with E-state index in [0.29, 0.717) is 6.04 Å². The van der Waals surface area contributed by atoms with Crippen molar-refractivity contribution >= 4 is 27.7 Å². The molecule has 3 heteroatoms. The Balaban J connectivity index is 1.88. The normalized spacial score (nSPS) is 21.4. The fourth-order valence-corrected chi connectivity index (χ4v) is 3.33. The Morgan fingerprint density at radius 1 is 1.43 bits per heavy atom. The van der Waals surface area contributed by atoms with E-state index in [9.17, 15) is 0 Å². The summed E-state index contributed by atoms with van der Waals surface area (Å²) in [6.45, 7) is 1.20. The minimum atomic E-state index is 0.715. The van der Waals surface area contributed by atoms with Crippen LogP contribution in [0, 0.1) is 0 Å². The van der Waals surface area contributed by atoms with E-state index in [1.165, 1.54) is 34.5 Å². The summed E-state index contributed by atoms with van der Waals surface area (Å²) in [4.78, 5) is 1.35. The van der Waals surface area contributed by atoms with E-state index < -0.39 is 0 Å². The second kappa shape index (κ2) is 5.19. The minimum Gasteiger partial charge on any atom is -0.313 e. The largest absolute Gasteiger partial charge is 0.313 e. The number of thioether (sulfide) groups is 1. The van der Waals surface area contributed by atoms with Gasteiger partial charge in [0.15, 0.2) is 0 Å². The summed E-state index contributed by atoms with van der Waals surface area (Å²) in [6, 6.07) is 9.14. The average Bonchev–Trinajstić information content (AvgIpc) is 2.69. The Hall–Kier alpha value is 0.01000. The number of rotatable bonds is 3. The number of hydrogen-bond acceptors (Lipinski definition) is 2. The zero-order chi connectivity index (χ0) is 9.80. The predicted molar refractivity (Wildman–Crippen MR) is 65.9 cm³/mol. The quantitative estimate of drug-likeness (QED) is 0.847. The van der Waals surface area contributed by atoms with Crippen molar-refractivity contribution in [3.05, 3.63) is 28.7 Å². The highest BCUT2D eigenvalue weighted by Crippen LogP contribution is 2.28. The highest BCUT2D eigenvalue weighted by Gasteiger charge is 2.14. The molecule has 0 bridgehead atoms. The lowest BCUT2D eigenvalue weighted by Gasteiger charge is -2.09. The van der Waals surface area contributed by atoms with Crippen LogP contribution >= 0.6 is 27.7 Å². The van der Waals surface area contributed by atoms with Gasteiger partial charge in [0.05, 0.1) is 0 Å². The maximum Gasteiger partial charge on any atom is 0.0311 e. The summed E-state index contributed by atoms with van der Waals surface area (Å²) in [5, 5.41) is 3.51. The van der Waals surface area contributed by atoms with Crippen molar-refractivity contribution in [1.29, 1.82) is 0 Å². The zero-order valence-electron chi connectivity index (χ0n) is 8.00. The van der Waals surface area contributed by atoms with Gasteiger partial charge in [-0.25, -0.2) is 0 Å². The van der Waals surface area contributed by atoms with E-state index in [1.54, 1.807) is 0 Å². The van der Waals surface area contributed by atoms with Gasteiger partial charge >= 0.3 is 0 Å². The summed E-state index contributed by atoms with van der Waals surface area (Å²) in [7, 11) is 0. The maximum atomic E-state index is 3.56. The van der Waals surface area contributed by atoms with Gasteiger partial charge in [0.1, 0.15) is 0 Å². The van der Waals surface area contributed by atoms with Crippen LogP contribution in [0.15, 0.2) is 33.6 Å². The molecule has 1 aromatic rings. The smallest absolute Gasteiger partial charge is 0.0311 e. The van der Waals surface area contributed by atoms with Gasteiger partial charge in [-0.1, -0.05) is 12.1 Å². The van der Waals surface area contributed by atoms with Crippen LogP contribution in [0.2, 0.25) is 0 Å². The molecular formula is C11H14BrNS. The molecule has 1 aromatic carbocycles. The first kappa shape index (κ1) is 10.5. The molecule has 1 aliphatic heterocycles. The second-order valence-corrected chi connectivity index (χ2v) is 5.45. The molecule has 1 nitrogen and oxygen atoms in total. The van der Waals surface area contributed by atoms with Crippen LogP contribution in [-0.4, -0.2) is 18.3 Å². The Morgan fingerprint density at radius 2 is 2.29 bits per heavy atom. The summed E-state index contributed by atoms with van der Waals surface area (Å²) in [5.74, 6) is 1.18. The molecule has 1 N–H and O–H groups in total. The lowest BCUT2D eigenvalue weighted by Crippen LogP contribution is -2.23. The van der Waals surface area contributed by atoms with Crippen molar-refractivity contribution < 1.29 is 0 Å². The molecule has 76 valence electrons. The van der Waals surface area contributed by atoms with Crippen LogP contribution < -0.4 is 5.32 Å². The van der Waals surface area contributed by atoms with E-state index >= 15 is 0 Å². The van der Waals surface area contributed by atoms with Gasteiger partial charge in [0.25, 0.3) is 0 Å². The molecule has 1 aliphatic rings. The molecule has 14 heavy (non-hydrogen) atoms. The van der Waals surface area contributed by atoms with Gasteiger partial charge in [-0.2, -0.15) is 0 Å². The molecule has 1 atom stereocenters. The number of nitrogens with one attached hydrogen (secondary N) is 1. The van der Waals surface area contributed by atoms with Crippen molar-refractivity contribution in [2.45, 2.75) is 23.8 Å². The Bertz CT molecular complexity index is 297. The SMILES string of the molecule is Brc1ccccc1SC[C@@H]1CCCN1. The Morgan fingerprint density at radius 3 is 3.00 bits per heavy atom. The standard InChI is InChI=1S/C11H14BrNS/c12-10-5-1-2-6-11(10)14-8-9-4-3-7-13-9/h1-2,5-6,9,13H,3-4,7-8H2/t9-/m0/s1. The van der Waals surface area contributed by atoms with Crippen LogP contribution in [0.25, 0.3) is 0 Å². The van der Waals surface area contributed by atoms with Crippen LogP contribution in [0.5, 0.6) is 0 Å². The van der Waals surface area contributed by atoms with E-state index in [0.717, 1.165) is 0 Å². The van der Waals surface area contributed by atoms with Gasteiger partial charge in [-0.3, -0.25) is 0 Å².